The molecule has 2 heterocycles. The van der Waals surface area contributed by atoms with Crippen LogP contribution in [0.4, 0.5) is 0 Å². The number of nitrogens with zero attached hydrogens (tertiary/aromatic N) is 1. The fourth-order valence-electron chi connectivity index (χ4n) is 1.68. The topological polar surface area (TPSA) is 23.5 Å². The lowest BCUT2D eigenvalue weighted by Crippen LogP contribution is -2.24. The van der Waals surface area contributed by atoms with Crippen molar-refractivity contribution >= 4 is 11.3 Å². The second-order valence-corrected chi connectivity index (χ2v) is 4.93. The highest BCUT2D eigenvalue weighted by molar-refractivity contribution is 7.12. The minimum atomic E-state index is -0.305. The monoisotopic (exact) mass is 197 g/mol. The molecule has 2 nitrogen and oxygen atoms in total. The van der Waals surface area contributed by atoms with Gasteiger partial charge in [0.05, 0.1) is 6.10 Å². The first-order chi connectivity index (χ1) is 6.16. The molecular formula is C10H15NOS. The van der Waals surface area contributed by atoms with Crippen molar-refractivity contribution in [1.29, 1.82) is 0 Å². The first-order valence-electron chi connectivity index (χ1n) is 4.65. The molecule has 0 amide bonds. The molecule has 0 bridgehead atoms. The number of fused-ring (bicyclic) bond motifs is 1. The van der Waals surface area contributed by atoms with Gasteiger partial charge in [0.15, 0.2) is 0 Å². The van der Waals surface area contributed by atoms with E-state index in [-0.39, 0.29) is 6.10 Å². The van der Waals surface area contributed by atoms with Crippen molar-refractivity contribution in [3.63, 3.8) is 0 Å². The van der Waals surface area contributed by atoms with Gasteiger partial charge in [-0.25, -0.2) is 0 Å². The Labute approximate surface area is 82.8 Å². The predicted molar refractivity (Wildman–Crippen MR) is 55.0 cm³/mol. The van der Waals surface area contributed by atoms with Crippen LogP contribution in [0.15, 0.2) is 6.07 Å². The number of aliphatic hydroxyl groups is 1. The number of aliphatic hydroxyl groups excluding tert-OH is 1. The van der Waals surface area contributed by atoms with E-state index in [0.29, 0.717) is 0 Å². The maximum absolute atomic E-state index is 9.44. The first-order valence-corrected chi connectivity index (χ1v) is 5.46. The summed E-state index contributed by atoms with van der Waals surface area (Å²) in [6.07, 6.45) is 0.829. The van der Waals surface area contributed by atoms with E-state index < -0.39 is 0 Å². The summed E-state index contributed by atoms with van der Waals surface area (Å²) in [4.78, 5) is 4.87. The van der Waals surface area contributed by atoms with E-state index in [9.17, 15) is 5.11 Å². The average molecular weight is 197 g/mol. The molecule has 0 saturated heterocycles. The highest BCUT2D eigenvalue weighted by Gasteiger charge is 2.17. The van der Waals surface area contributed by atoms with Gasteiger partial charge in [-0.05, 0) is 32.0 Å². The van der Waals surface area contributed by atoms with Gasteiger partial charge in [0.1, 0.15) is 0 Å². The lowest BCUT2D eigenvalue weighted by molar-refractivity contribution is 0.203. The quantitative estimate of drug-likeness (QED) is 0.742. The molecule has 1 aromatic rings. The molecule has 1 aromatic heterocycles. The van der Waals surface area contributed by atoms with Crippen LogP contribution in [0.5, 0.6) is 0 Å². The second-order valence-electron chi connectivity index (χ2n) is 3.76. The van der Waals surface area contributed by atoms with Crippen molar-refractivity contribution in [3.8, 4) is 0 Å². The van der Waals surface area contributed by atoms with Crippen LogP contribution in [-0.4, -0.2) is 23.6 Å². The van der Waals surface area contributed by atoms with Crippen molar-refractivity contribution in [2.24, 2.45) is 0 Å². The molecule has 1 aliphatic heterocycles. The largest absolute Gasteiger partial charge is 0.388 e. The maximum Gasteiger partial charge on any atom is 0.0854 e. The number of hydrogen-bond acceptors (Lipinski definition) is 3. The fourth-order valence-corrected chi connectivity index (χ4v) is 2.91. The zero-order valence-electron chi connectivity index (χ0n) is 8.08. The van der Waals surface area contributed by atoms with Gasteiger partial charge in [-0.15, -0.1) is 11.3 Å². The standard InChI is InChI=1S/C10H15NOS/c1-7(12)9-5-8-3-4-11(2)6-10(8)13-9/h5,7,12H,3-4,6H2,1-2H3. The summed E-state index contributed by atoms with van der Waals surface area (Å²) in [6.45, 7) is 4.02. The van der Waals surface area contributed by atoms with E-state index in [1.807, 2.05) is 6.92 Å². The molecule has 0 fully saturated rings. The Hall–Kier alpha value is -0.380. The lowest BCUT2D eigenvalue weighted by atomic mass is 10.1. The van der Waals surface area contributed by atoms with E-state index in [4.69, 9.17) is 0 Å². The normalized spacial score (nSPS) is 19.9. The lowest BCUT2D eigenvalue weighted by Gasteiger charge is -2.21. The zero-order valence-corrected chi connectivity index (χ0v) is 8.90. The van der Waals surface area contributed by atoms with Gasteiger partial charge in [-0.3, -0.25) is 0 Å². The molecule has 3 heteroatoms. The Morgan fingerprint density at radius 2 is 2.38 bits per heavy atom. The third-order valence-electron chi connectivity index (χ3n) is 2.50. The van der Waals surface area contributed by atoms with Gasteiger partial charge in [0.25, 0.3) is 0 Å². The minimum Gasteiger partial charge on any atom is -0.388 e. The highest BCUT2D eigenvalue weighted by atomic mass is 32.1. The summed E-state index contributed by atoms with van der Waals surface area (Å²) in [6, 6.07) is 2.16. The summed E-state index contributed by atoms with van der Waals surface area (Å²) in [5, 5.41) is 9.44. The van der Waals surface area contributed by atoms with Crippen molar-refractivity contribution in [1.82, 2.24) is 4.90 Å². The van der Waals surface area contributed by atoms with Gasteiger partial charge in [-0.1, -0.05) is 0 Å². The van der Waals surface area contributed by atoms with Crippen LogP contribution >= 0.6 is 11.3 Å². The summed E-state index contributed by atoms with van der Waals surface area (Å²) < 4.78 is 0. The Bertz CT molecular complexity index is 306. The number of likely N-dealkylation sites (N-methyl/N-ethyl adjacent to an activating group) is 1. The summed E-state index contributed by atoms with van der Waals surface area (Å²) in [5.74, 6) is 0. The molecule has 0 aromatic carbocycles. The van der Waals surface area contributed by atoms with Gasteiger partial charge in [0.2, 0.25) is 0 Å². The molecular weight excluding hydrogens is 182 g/mol. The fraction of sp³-hybridized carbons (Fsp3) is 0.600. The van der Waals surface area contributed by atoms with Crippen LogP contribution in [0.3, 0.4) is 0 Å². The van der Waals surface area contributed by atoms with E-state index >= 15 is 0 Å². The van der Waals surface area contributed by atoms with Crippen LogP contribution < -0.4 is 0 Å². The SMILES string of the molecule is CC(O)c1cc2c(s1)CN(C)CC2. The molecule has 0 saturated carbocycles. The number of thiophene rings is 1. The molecule has 72 valence electrons. The van der Waals surface area contributed by atoms with Crippen LogP contribution in [0, 0.1) is 0 Å². The second kappa shape index (κ2) is 3.40. The van der Waals surface area contributed by atoms with Gasteiger partial charge in [0, 0.05) is 22.8 Å². The van der Waals surface area contributed by atoms with Crippen LogP contribution in [0.25, 0.3) is 0 Å². The summed E-state index contributed by atoms with van der Waals surface area (Å²) in [5.41, 5.74) is 1.44. The Kier molecular flexibility index (Phi) is 2.41. The van der Waals surface area contributed by atoms with Crippen molar-refractivity contribution in [2.75, 3.05) is 13.6 Å². The van der Waals surface area contributed by atoms with E-state index in [2.05, 4.69) is 18.0 Å². The molecule has 1 atom stereocenters. The maximum atomic E-state index is 9.44. The third-order valence-corrected chi connectivity index (χ3v) is 3.84. The zero-order chi connectivity index (χ0) is 9.42. The van der Waals surface area contributed by atoms with E-state index in [1.165, 1.54) is 10.4 Å². The molecule has 13 heavy (non-hydrogen) atoms. The minimum absolute atomic E-state index is 0.305. The molecule has 1 aliphatic rings. The molecule has 0 spiro atoms. The predicted octanol–water partition coefficient (Wildman–Crippen LogP) is 1.79. The van der Waals surface area contributed by atoms with Gasteiger partial charge >= 0.3 is 0 Å². The third kappa shape index (κ3) is 1.77. The van der Waals surface area contributed by atoms with Gasteiger partial charge in [-0.2, -0.15) is 0 Å². The highest BCUT2D eigenvalue weighted by Crippen LogP contribution is 2.30. The average Bonchev–Trinajstić information content (AvgIpc) is 2.46. The van der Waals surface area contributed by atoms with Crippen molar-refractivity contribution < 1.29 is 5.11 Å². The van der Waals surface area contributed by atoms with Crippen molar-refractivity contribution in [3.05, 3.63) is 21.4 Å². The number of rotatable bonds is 1. The van der Waals surface area contributed by atoms with Gasteiger partial charge < -0.3 is 10.0 Å². The van der Waals surface area contributed by atoms with E-state index in [1.54, 1.807) is 11.3 Å². The number of hydrogen-bond donors (Lipinski definition) is 1. The Morgan fingerprint density at radius 1 is 1.62 bits per heavy atom. The molecule has 0 aliphatic carbocycles. The van der Waals surface area contributed by atoms with Crippen LogP contribution in [0.2, 0.25) is 0 Å². The molecule has 1 N–H and O–H groups in total. The summed E-state index contributed by atoms with van der Waals surface area (Å²) in [7, 11) is 2.14. The smallest absolute Gasteiger partial charge is 0.0854 e. The first kappa shape index (κ1) is 9.19. The van der Waals surface area contributed by atoms with E-state index in [0.717, 1.165) is 24.4 Å². The molecule has 0 radical (unpaired) electrons. The van der Waals surface area contributed by atoms with Crippen LogP contribution in [0.1, 0.15) is 28.3 Å². The van der Waals surface area contributed by atoms with Crippen LogP contribution in [-0.2, 0) is 13.0 Å². The molecule has 2 rings (SSSR count). The molecule has 1 unspecified atom stereocenters. The Morgan fingerprint density at radius 3 is 3.08 bits per heavy atom. The van der Waals surface area contributed by atoms with Crippen molar-refractivity contribution in [2.45, 2.75) is 26.0 Å². The Balaban J connectivity index is 2.28. The summed E-state index contributed by atoms with van der Waals surface area (Å²) >= 11 is 1.76.